The molecule has 0 saturated carbocycles. The van der Waals surface area contributed by atoms with E-state index in [1.165, 1.54) is 0 Å². The van der Waals surface area contributed by atoms with E-state index in [0.717, 1.165) is 10.2 Å². The minimum atomic E-state index is 0. The van der Waals surface area contributed by atoms with Crippen LogP contribution in [0.25, 0.3) is 0 Å². The summed E-state index contributed by atoms with van der Waals surface area (Å²) >= 11 is 3.34. The fourth-order valence-corrected chi connectivity index (χ4v) is 0.941. The Bertz CT molecular complexity index is 210. The Labute approximate surface area is 80.9 Å². The summed E-state index contributed by atoms with van der Waals surface area (Å²) in [6.07, 6.45) is 0. The first-order valence-corrected chi connectivity index (χ1v) is 3.73. The molecule has 0 bridgehead atoms. The maximum absolute atomic E-state index is 5.48. The molecule has 0 aliphatic carbocycles. The molecule has 0 spiro atoms. The van der Waals surface area contributed by atoms with Crippen molar-refractivity contribution in [1.29, 1.82) is 0 Å². The first kappa shape index (κ1) is 10.8. The van der Waals surface area contributed by atoms with Crippen molar-refractivity contribution in [3.8, 4) is 0 Å². The smallest absolute Gasteiger partial charge is 0.0514 e. The van der Waals surface area contributed by atoms with Crippen LogP contribution in [0.1, 0.15) is 0 Å². The summed E-state index contributed by atoms with van der Waals surface area (Å²) in [5, 5.41) is 1.58. The van der Waals surface area contributed by atoms with Gasteiger partial charge in [-0.05, 0) is 24.3 Å². The monoisotopic (exact) mass is 236 g/mol. The fraction of sp³-hybridized carbons (Fsp3) is 0.143. The number of benzene rings is 1. The normalized spacial score (nSPS) is 8.64. The molecule has 1 aromatic carbocycles. The van der Waals surface area contributed by atoms with Gasteiger partial charge in [0.05, 0.1) is 5.69 Å². The van der Waals surface area contributed by atoms with E-state index in [1.54, 1.807) is 5.01 Å². The second-order valence-corrected chi connectivity index (χ2v) is 3.00. The standard InChI is InChI=1S/C7H9BrN2.ClH/c1-10(9)7-4-2-6(8)3-5-7;/h2-5H,9H2,1H3;1H. The van der Waals surface area contributed by atoms with Crippen LogP contribution in [0.4, 0.5) is 5.69 Å². The molecule has 0 unspecified atom stereocenters. The molecule has 2 nitrogen and oxygen atoms in total. The highest BCUT2D eigenvalue weighted by Gasteiger charge is 1.92. The molecule has 0 aromatic heterocycles. The second kappa shape index (κ2) is 4.59. The molecule has 0 heterocycles. The van der Waals surface area contributed by atoms with Gasteiger partial charge in [0.1, 0.15) is 0 Å². The van der Waals surface area contributed by atoms with Crippen LogP contribution in [-0.2, 0) is 0 Å². The van der Waals surface area contributed by atoms with Gasteiger partial charge in [0.15, 0.2) is 0 Å². The number of halogens is 2. The van der Waals surface area contributed by atoms with Crippen LogP contribution in [0.3, 0.4) is 0 Å². The van der Waals surface area contributed by atoms with Gasteiger partial charge in [-0.15, -0.1) is 12.4 Å². The predicted molar refractivity (Wildman–Crippen MR) is 54.0 cm³/mol. The lowest BCUT2D eigenvalue weighted by atomic mass is 10.3. The molecule has 0 saturated heterocycles. The van der Waals surface area contributed by atoms with E-state index in [0.29, 0.717) is 0 Å². The van der Waals surface area contributed by atoms with Gasteiger partial charge in [0, 0.05) is 11.5 Å². The predicted octanol–water partition coefficient (Wildman–Crippen LogP) is 2.18. The van der Waals surface area contributed by atoms with Crippen molar-refractivity contribution in [3.63, 3.8) is 0 Å². The number of hydrogen-bond donors (Lipinski definition) is 1. The topological polar surface area (TPSA) is 29.3 Å². The van der Waals surface area contributed by atoms with Gasteiger partial charge >= 0.3 is 0 Å². The summed E-state index contributed by atoms with van der Waals surface area (Å²) in [7, 11) is 1.81. The highest BCUT2D eigenvalue weighted by Crippen LogP contribution is 2.14. The Morgan fingerprint density at radius 3 is 2.09 bits per heavy atom. The third kappa shape index (κ3) is 3.10. The van der Waals surface area contributed by atoms with Crippen LogP contribution in [0.5, 0.6) is 0 Å². The lowest BCUT2D eigenvalue weighted by Gasteiger charge is -2.10. The van der Waals surface area contributed by atoms with E-state index in [2.05, 4.69) is 15.9 Å². The van der Waals surface area contributed by atoms with Crippen LogP contribution in [0.15, 0.2) is 28.7 Å². The molecule has 11 heavy (non-hydrogen) atoms. The first-order valence-electron chi connectivity index (χ1n) is 2.94. The number of nitrogens with zero attached hydrogens (tertiary/aromatic N) is 1. The Hall–Kier alpha value is -0.250. The average molecular weight is 238 g/mol. The van der Waals surface area contributed by atoms with Crippen molar-refractivity contribution in [3.05, 3.63) is 28.7 Å². The molecular formula is C7H10BrClN2. The van der Waals surface area contributed by atoms with Crippen LogP contribution < -0.4 is 10.9 Å². The molecule has 1 aromatic rings. The minimum Gasteiger partial charge on any atom is -0.314 e. The SMILES string of the molecule is CN(N)c1ccc(Br)cc1.Cl. The summed E-state index contributed by atoms with van der Waals surface area (Å²) in [5.41, 5.74) is 1.00. The zero-order valence-electron chi connectivity index (χ0n) is 6.12. The first-order chi connectivity index (χ1) is 4.70. The number of hydrogen-bond acceptors (Lipinski definition) is 2. The fourth-order valence-electron chi connectivity index (χ4n) is 0.676. The summed E-state index contributed by atoms with van der Waals surface area (Å²) in [6, 6.07) is 7.81. The number of hydrazine groups is 1. The number of nitrogens with two attached hydrogens (primary N) is 1. The maximum atomic E-state index is 5.48. The number of rotatable bonds is 1. The second-order valence-electron chi connectivity index (χ2n) is 2.09. The highest BCUT2D eigenvalue weighted by molar-refractivity contribution is 9.10. The van der Waals surface area contributed by atoms with Crippen LogP contribution in [-0.4, -0.2) is 7.05 Å². The van der Waals surface area contributed by atoms with Crippen molar-refractivity contribution in [2.45, 2.75) is 0 Å². The quantitative estimate of drug-likeness (QED) is 0.599. The molecule has 2 N–H and O–H groups in total. The summed E-state index contributed by atoms with van der Waals surface area (Å²) in [5.74, 6) is 5.48. The Balaban J connectivity index is 0.000001000. The molecule has 1 rings (SSSR count). The Kier molecular flexibility index (Phi) is 4.49. The molecule has 0 radical (unpaired) electrons. The molecule has 62 valence electrons. The summed E-state index contributed by atoms with van der Waals surface area (Å²) < 4.78 is 1.07. The maximum Gasteiger partial charge on any atom is 0.0514 e. The number of anilines is 1. The average Bonchev–Trinajstić information content (AvgIpc) is 1.88. The van der Waals surface area contributed by atoms with Crippen LogP contribution in [0.2, 0.25) is 0 Å². The van der Waals surface area contributed by atoms with Gasteiger partial charge in [-0.3, -0.25) is 0 Å². The van der Waals surface area contributed by atoms with Crippen LogP contribution >= 0.6 is 28.3 Å². The van der Waals surface area contributed by atoms with E-state index in [-0.39, 0.29) is 12.4 Å². The lowest BCUT2D eigenvalue weighted by molar-refractivity contribution is 1.02. The molecule has 0 fully saturated rings. The Morgan fingerprint density at radius 2 is 1.73 bits per heavy atom. The largest absolute Gasteiger partial charge is 0.314 e. The van der Waals surface area contributed by atoms with Crippen molar-refractivity contribution < 1.29 is 0 Å². The van der Waals surface area contributed by atoms with E-state index in [9.17, 15) is 0 Å². The van der Waals surface area contributed by atoms with Gasteiger partial charge in [-0.2, -0.15) is 0 Å². The van der Waals surface area contributed by atoms with Crippen molar-refractivity contribution >= 4 is 34.0 Å². The molecule has 0 amide bonds. The van der Waals surface area contributed by atoms with Crippen molar-refractivity contribution in [2.24, 2.45) is 5.84 Å². The molecule has 0 aliphatic rings. The summed E-state index contributed by atoms with van der Waals surface area (Å²) in [4.78, 5) is 0. The van der Waals surface area contributed by atoms with Gasteiger partial charge in [0.25, 0.3) is 0 Å². The molecule has 0 aliphatic heterocycles. The summed E-state index contributed by atoms with van der Waals surface area (Å²) in [6.45, 7) is 0. The van der Waals surface area contributed by atoms with Crippen LogP contribution in [0, 0.1) is 0 Å². The molecule has 0 atom stereocenters. The molecular weight excluding hydrogens is 227 g/mol. The highest BCUT2D eigenvalue weighted by atomic mass is 79.9. The zero-order valence-corrected chi connectivity index (χ0v) is 8.52. The van der Waals surface area contributed by atoms with Gasteiger partial charge in [-0.25, -0.2) is 5.84 Å². The van der Waals surface area contributed by atoms with E-state index < -0.39 is 0 Å². The van der Waals surface area contributed by atoms with Gasteiger partial charge in [0.2, 0.25) is 0 Å². The lowest BCUT2D eigenvalue weighted by Crippen LogP contribution is -2.24. The third-order valence-electron chi connectivity index (χ3n) is 1.23. The molecule has 4 heteroatoms. The van der Waals surface area contributed by atoms with E-state index in [1.807, 2.05) is 31.3 Å². The van der Waals surface area contributed by atoms with Crippen molar-refractivity contribution in [2.75, 3.05) is 12.1 Å². The van der Waals surface area contributed by atoms with E-state index >= 15 is 0 Å². The third-order valence-corrected chi connectivity index (χ3v) is 1.76. The zero-order chi connectivity index (χ0) is 7.56. The van der Waals surface area contributed by atoms with Gasteiger partial charge < -0.3 is 5.01 Å². The van der Waals surface area contributed by atoms with Crippen molar-refractivity contribution in [1.82, 2.24) is 0 Å². The van der Waals surface area contributed by atoms with E-state index in [4.69, 9.17) is 5.84 Å². The minimum absolute atomic E-state index is 0. The van der Waals surface area contributed by atoms with Gasteiger partial charge in [-0.1, -0.05) is 15.9 Å². The Morgan fingerprint density at radius 1 is 1.27 bits per heavy atom.